The molecule has 12 heteroatoms. The average molecular weight is 612 g/mol. The first-order valence-corrected chi connectivity index (χ1v) is 15.8. The third-order valence-electron chi connectivity index (χ3n) is 8.86. The summed E-state index contributed by atoms with van der Waals surface area (Å²) in [6, 6.07) is 10.8. The number of aromatic nitrogens is 6. The first-order valence-electron chi connectivity index (χ1n) is 15.8. The molecule has 0 saturated carbocycles. The van der Waals surface area contributed by atoms with Crippen molar-refractivity contribution >= 4 is 28.8 Å². The van der Waals surface area contributed by atoms with Gasteiger partial charge in [-0.3, -0.25) is 19.1 Å². The number of rotatable bonds is 3. The number of amides is 3. The molecule has 4 aromatic rings. The second kappa shape index (κ2) is 12.8. The molecule has 3 amide bonds. The number of carbonyl (C=O) groups is 3. The lowest BCUT2D eigenvalue weighted by atomic mass is 9.99. The summed E-state index contributed by atoms with van der Waals surface area (Å²) in [6.45, 7) is 7.26. The van der Waals surface area contributed by atoms with Crippen molar-refractivity contribution < 1.29 is 14.4 Å². The predicted octanol–water partition coefficient (Wildman–Crippen LogP) is 3.20. The Balaban J connectivity index is 1.38. The van der Waals surface area contributed by atoms with Crippen LogP contribution in [0.1, 0.15) is 77.1 Å². The summed E-state index contributed by atoms with van der Waals surface area (Å²) in [5, 5.41) is 13.2. The van der Waals surface area contributed by atoms with Gasteiger partial charge in [0.15, 0.2) is 5.65 Å². The minimum Gasteiger partial charge on any atom is -0.344 e. The zero-order valence-corrected chi connectivity index (χ0v) is 26.5. The van der Waals surface area contributed by atoms with Gasteiger partial charge in [0, 0.05) is 38.8 Å². The van der Waals surface area contributed by atoms with E-state index in [0.29, 0.717) is 68.3 Å². The fourth-order valence-electron chi connectivity index (χ4n) is 6.73. The van der Waals surface area contributed by atoms with E-state index in [4.69, 9.17) is 10.1 Å². The lowest BCUT2D eigenvalue weighted by molar-refractivity contribution is -0.142. The molecule has 45 heavy (non-hydrogen) atoms. The van der Waals surface area contributed by atoms with Crippen LogP contribution in [0.25, 0.3) is 11.0 Å². The standard InChI is InChI=1S/C33H41N9O3/c1-21-19-25(29-22(2)37-39(4)31(29)34-21)33(45)40-15-10-14-28(43)41-16-9-8-13-27(41)32(44)36-26(20-24-11-6-5-7-12-24)30-35-23(3)38-42(30)18-17-40/h5-7,11-12,19,26-27H,8-10,13-18,20H2,1-4H3,(H,36,44)/t26-,27+/m1/s1. The third-order valence-corrected chi connectivity index (χ3v) is 8.86. The Morgan fingerprint density at radius 1 is 0.956 bits per heavy atom. The van der Waals surface area contributed by atoms with Crippen LogP contribution in [-0.2, 0) is 29.6 Å². The number of piperidine rings is 1. The molecule has 0 bridgehead atoms. The van der Waals surface area contributed by atoms with Crippen molar-refractivity contribution in [2.75, 3.05) is 19.6 Å². The molecule has 0 spiro atoms. The van der Waals surface area contributed by atoms with Gasteiger partial charge in [-0.05, 0) is 64.5 Å². The first kappa shape index (κ1) is 30.4. The monoisotopic (exact) mass is 611 g/mol. The minimum absolute atomic E-state index is 0.0526. The van der Waals surface area contributed by atoms with E-state index in [9.17, 15) is 14.4 Å². The number of aryl methyl sites for hydroxylation is 4. The Kier molecular flexibility index (Phi) is 8.64. The predicted molar refractivity (Wildman–Crippen MR) is 168 cm³/mol. The minimum atomic E-state index is -0.538. The van der Waals surface area contributed by atoms with E-state index in [1.165, 1.54) is 0 Å². The fourth-order valence-corrected chi connectivity index (χ4v) is 6.73. The second-order valence-electron chi connectivity index (χ2n) is 12.2. The molecule has 2 aliphatic heterocycles. The topological polar surface area (TPSA) is 131 Å². The number of hydrogen-bond donors (Lipinski definition) is 1. The first-order chi connectivity index (χ1) is 21.7. The Morgan fingerprint density at radius 2 is 1.76 bits per heavy atom. The van der Waals surface area contributed by atoms with E-state index in [2.05, 4.69) is 15.4 Å². The van der Waals surface area contributed by atoms with Crippen molar-refractivity contribution in [1.82, 2.24) is 44.6 Å². The summed E-state index contributed by atoms with van der Waals surface area (Å²) in [5.41, 5.74) is 3.74. The number of hydrogen-bond acceptors (Lipinski definition) is 7. The van der Waals surface area contributed by atoms with Gasteiger partial charge in [0.05, 0.1) is 29.2 Å². The average Bonchev–Trinajstić information content (AvgIpc) is 3.54. The molecule has 6 rings (SSSR count). The van der Waals surface area contributed by atoms with Crippen LogP contribution < -0.4 is 5.32 Å². The zero-order valence-electron chi connectivity index (χ0n) is 26.5. The maximum absolute atomic E-state index is 14.3. The van der Waals surface area contributed by atoms with Gasteiger partial charge in [-0.25, -0.2) is 14.6 Å². The van der Waals surface area contributed by atoms with Gasteiger partial charge in [-0.1, -0.05) is 30.3 Å². The van der Waals surface area contributed by atoms with Crippen molar-refractivity contribution in [2.45, 2.75) is 77.9 Å². The van der Waals surface area contributed by atoms with E-state index in [0.717, 1.165) is 35.2 Å². The van der Waals surface area contributed by atoms with Crippen LogP contribution in [0.2, 0.25) is 0 Å². The molecule has 1 N–H and O–H groups in total. The Bertz CT molecular complexity index is 1730. The molecular formula is C33H41N9O3. The quantitative estimate of drug-likeness (QED) is 0.377. The van der Waals surface area contributed by atoms with Crippen LogP contribution in [-0.4, -0.2) is 82.7 Å². The molecule has 3 aromatic heterocycles. The summed E-state index contributed by atoms with van der Waals surface area (Å²) in [7, 11) is 1.83. The van der Waals surface area contributed by atoms with E-state index in [-0.39, 0.29) is 24.1 Å². The molecule has 0 radical (unpaired) electrons. The van der Waals surface area contributed by atoms with Crippen LogP contribution >= 0.6 is 0 Å². The number of nitrogens with zero attached hydrogens (tertiary/aromatic N) is 8. The van der Waals surface area contributed by atoms with E-state index in [1.54, 1.807) is 14.5 Å². The van der Waals surface area contributed by atoms with Gasteiger partial charge in [-0.2, -0.15) is 10.2 Å². The third kappa shape index (κ3) is 6.31. The molecule has 5 heterocycles. The molecule has 1 fully saturated rings. The van der Waals surface area contributed by atoms with Crippen molar-refractivity contribution in [3.8, 4) is 0 Å². The van der Waals surface area contributed by atoms with E-state index in [1.807, 2.05) is 68.9 Å². The van der Waals surface area contributed by atoms with Crippen LogP contribution in [0, 0.1) is 20.8 Å². The Labute approximate surface area is 262 Å². The molecule has 2 atom stereocenters. The lowest BCUT2D eigenvalue weighted by Crippen LogP contribution is -2.53. The van der Waals surface area contributed by atoms with Crippen molar-refractivity contribution in [1.29, 1.82) is 0 Å². The summed E-state index contributed by atoms with van der Waals surface area (Å²) in [4.78, 5) is 54.6. The van der Waals surface area contributed by atoms with Gasteiger partial charge in [0.2, 0.25) is 11.8 Å². The summed E-state index contributed by atoms with van der Waals surface area (Å²) in [5.74, 6) is 0.876. The highest BCUT2D eigenvalue weighted by Crippen LogP contribution is 2.25. The van der Waals surface area contributed by atoms with E-state index < -0.39 is 12.1 Å². The molecule has 1 saturated heterocycles. The van der Waals surface area contributed by atoms with Crippen LogP contribution in [0.4, 0.5) is 0 Å². The molecule has 0 aliphatic carbocycles. The second-order valence-corrected chi connectivity index (χ2v) is 12.2. The largest absolute Gasteiger partial charge is 0.344 e. The highest BCUT2D eigenvalue weighted by molar-refractivity contribution is 6.06. The lowest BCUT2D eigenvalue weighted by Gasteiger charge is -2.36. The SMILES string of the molecule is Cc1cc(C(=O)N2CCCC(=O)N3CCCC[C@H]3C(=O)N[C@H](Cc3ccccc3)c3nc(C)nn3CC2)c2c(C)nn(C)c2n1. The molecular weight excluding hydrogens is 570 g/mol. The van der Waals surface area contributed by atoms with E-state index >= 15 is 0 Å². The van der Waals surface area contributed by atoms with Crippen LogP contribution in [0.5, 0.6) is 0 Å². The summed E-state index contributed by atoms with van der Waals surface area (Å²) < 4.78 is 3.53. The highest BCUT2D eigenvalue weighted by atomic mass is 16.2. The summed E-state index contributed by atoms with van der Waals surface area (Å²) >= 11 is 0. The van der Waals surface area contributed by atoms with Gasteiger partial charge < -0.3 is 15.1 Å². The molecule has 2 aliphatic rings. The van der Waals surface area contributed by atoms with Crippen molar-refractivity contribution in [3.05, 3.63) is 70.6 Å². The fraction of sp³-hybridized carbons (Fsp3) is 0.485. The van der Waals surface area contributed by atoms with Gasteiger partial charge >= 0.3 is 0 Å². The maximum Gasteiger partial charge on any atom is 0.254 e. The van der Waals surface area contributed by atoms with Gasteiger partial charge in [0.1, 0.15) is 17.7 Å². The molecule has 1 aromatic carbocycles. The van der Waals surface area contributed by atoms with Gasteiger partial charge in [0.25, 0.3) is 5.91 Å². The normalized spacial score (nSPS) is 20.0. The maximum atomic E-state index is 14.3. The Morgan fingerprint density at radius 3 is 2.56 bits per heavy atom. The number of fused-ring (bicyclic) bond motifs is 3. The number of benzene rings is 1. The van der Waals surface area contributed by atoms with Crippen molar-refractivity contribution in [3.63, 3.8) is 0 Å². The number of nitrogens with one attached hydrogen (secondary N) is 1. The Hall–Kier alpha value is -4.61. The zero-order chi connectivity index (χ0) is 31.7. The van der Waals surface area contributed by atoms with Gasteiger partial charge in [-0.15, -0.1) is 0 Å². The highest BCUT2D eigenvalue weighted by Gasteiger charge is 2.35. The van der Waals surface area contributed by atoms with Crippen molar-refractivity contribution in [2.24, 2.45) is 7.05 Å². The number of pyridine rings is 1. The van der Waals surface area contributed by atoms with Crippen LogP contribution in [0.15, 0.2) is 36.4 Å². The number of carbonyl (C=O) groups excluding carboxylic acids is 3. The molecule has 12 nitrogen and oxygen atoms in total. The molecule has 236 valence electrons. The summed E-state index contributed by atoms with van der Waals surface area (Å²) in [6.07, 6.45) is 3.62. The smallest absolute Gasteiger partial charge is 0.254 e. The molecule has 0 unspecified atom stereocenters. The van der Waals surface area contributed by atoms with Crippen LogP contribution in [0.3, 0.4) is 0 Å².